The molecular weight excluding hydrogens is 378 g/mol. The fourth-order valence-electron chi connectivity index (χ4n) is 2.30. The molecule has 0 saturated heterocycles. The first-order valence-electron chi connectivity index (χ1n) is 6.94. The van der Waals surface area contributed by atoms with Gasteiger partial charge in [-0.25, -0.2) is 17.2 Å². The fraction of sp³-hybridized carbons (Fsp3) is 0.556. The van der Waals surface area contributed by atoms with Crippen molar-refractivity contribution in [1.29, 1.82) is 0 Å². The van der Waals surface area contributed by atoms with Crippen molar-refractivity contribution in [2.45, 2.75) is 60.8 Å². The van der Waals surface area contributed by atoms with Crippen LogP contribution in [0.3, 0.4) is 0 Å². The van der Waals surface area contributed by atoms with Crippen LogP contribution in [-0.2, 0) is 26.2 Å². The van der Waals surface area contributed by atoms with Crippen LogP contribution in [0.4, 0.5) is 0 Å². The summed E-state index contributed by atoms with van der Waals surface area (Å²) >= 11 is 0. The first-order chi connectivity index (χ1) is 8.38. The van der Waals surface area contributed by atoms with Crippen LogP contribution in [-0.4, -0.2) is 0 Å². The molecule has 2 aliphatic rings. The van der Waals surface area contributed by atoms with Gasteiger partial charge >= 0.3 is 26.2 Å². The molecule has 0 fully saturated rings. The molecule has 0 aromatic heterocycles. The molecule has 0 radical (unpaired) electrons. The van der Waals surface area contributed by atoms with Crippen LogP contribution >= 0.6 is 0 Å². The second kappa shape index (κ2) is 11.9. The van der Waals surface area contributed by atoms with Gasteiger partial charge in [0.15, 0.2) is 0 Å². The molecule has 0 aliphatic heterocycles. The monoisotopic (exact) mass is 402 g/mol. The van der Waals surface area contributed by atoms with Gasteiger partial charge in [-0.2, -0.15) is 17.2 Å². The van der Waals surface area contributed by atoms with E-state index in [1.165, 1.54) is 35.1 Å². The van der Waals surface area contributed by atoms with Crippen LogP contribution in [0.1, 0.15) is 60.8 Å². The maximum Gasteiger partial charge on any atom is 4.00 e. The maximum atomic E-state index is 3.44. The molecule has 2 rings (SSSR count). The van der Waals surface area contributed by atoms with Crippen molar-refractivity contribution in [1.82, 2.24) is 0 Å². The first kappa shape index (κ1) is 26.3. The van der Waals surface area contributed by atoms with Crippen LogP contribution in [0, 0.1) is 17.6 Å². The fourth-order valence-corrected chi connectivity index (χ4v) is 2.30. The third-order valence-corrected chi connectivity index (χ3v) is 3.85. The van der Waals surface area contributed by atoms with E-state index in [0.29, 0.717) is 0 Å². The van der Waals surface area contributed by atoms with Crippen LogP contribution in [0.5, 0.6) is 0 Å². The van der Waals surface area contributed by atoms with E-state index in [2.05, 4.69) is 65.8 Å². The summed E-state index contributed by atoms with van der Waals surface area (Å²) in [7, 11) is 0. The summed E-state index contributed by atoms with van der Waals surface area (Å²) in [5, 5.41) is 0. The number of halogens is 2. The van der Waals surface area contributed by atoms with E-state index < -0.39 is 0 Å². The summed E-state index contributed by atoms with van der Waals surface area (Å²) in [5.74, 6) is 0. The van der Waals surface area contributed by atoms with Gasteiger partial charge in [-0.05, 0) is 0 Å². The van der Waals surface area contributed by atoms with E-state index >= 15 is 0 Å². The Morgan fingerprint density at radius 3 is 1.95 bits per heavy atom. The third kappa shape index (κ3) is 8.01. The molecule has 0 amide bonds. The molecule has 0 unspecified atom stereocenters. The molecule has 21 heavy (non-hydrogen) atoms. The largest absolute Gasteiger partial charge is 4.00 e. The minimum atomic E-state index is 0. The van der Waals surface area contributed by atoms with Crippen LogP contribution in [0.15, 0.2) is 34.4 Å². The van der Waals surface area contributed by atoms with Gasteiger partial charge in [0.1, 0.15) is 0 Å². The number of hydrogen-bond acceptors (Lipinski definition) is 0. The van der Waals surface area contributed by atoms with Crippen molar-refractivity contribution in [3.8, 4) is 0 Å². The number of rotatable bonds is 2. The van der Waals surface area contributed by atoms with Gasteiger partial charge in [-0.15, -0.1) is 13.3 Å². The molecule has 0 saturated carbocycles. The summed E-state index contributed by atoms with van der Waals surface area (Å²) < 4.78 is 0. The zero-order valence-electron chi connectivity index (χ0n) is 14.0. The third-order valence-electron chi connectivity index (χ3n) is 3.85. The molecule has 0 heterocycles. The molecule has 0 aromatic carbocycles. The van der Waals surface area contributed by atoms with Gasteiger partial charge in [0.2, 0.25) is 0 Å². The van der Waals surface area contributed by atoms with E-state index in [1.54, 1.807) is 0 Å². The van der Waals surface area contributed by atoms with E-state index in [1.807, 2.05) is 0 Å². The molecule has 0 atom stereocenters. The molecule has 116 valence electrons. The van der Waals surface area contributed by atoms with Crippen molar-refractivity contribution in [2.24, 2.45) is 5.41 Å². The predicted molar refractivity (Wildman–Crippen MR) is 80.0 cm³/mol. The van der Waals surface area contributed by atoms with Crippen molar-refractivity contribution in [3.63, 3.8) is 0 Å². The average Bonchev–Trinajstić information content (AvgIpc) is 2.85. The van der Waals surface area contributed by atoms with Gasteiger partial charge in [0.25, 0.3) is 0 Å². The van der Waals surface area contributed by atoms with Gasteiger partial charge < -0.3 is 24.8 Å². The summed E-state index contributed by atoms with van der Waals surface area (Å²) in [6.45, 7) is 13.1. The Labute approximate surface area is 163 Å². The molecule has 0 spiro atoms. The van der Waals surface area contributed by atoms with E-state index in [4.69, 9.17) is 0 Å². The van der Waals surface area contributed by atoms with Gasteiger partial charge in [-0.1, -0.05) is 52.9 Å². The molecule has 3 heteroatoms. The minimum absolute atomic E-state index is 0. The molecule has 0 N–H and O–H groups in total. The van der Waals surface area contributed by atoms with Crippen LogP contribution in [0.25, 0.3) is 0 Å². The Morgan fingerprint density at radius 2 is 1.71 bits per heavy atom. The Hall–Kier alpha value is 0.423. The summed E-state index contributed by atoms with van der Waals surface area (Å²) in [5.41, 5.74) is 5.79. The van der Waals surface area contributed by atoms with Gasteiger partial charge in [-0.3, -0.25) is 12.2 Å². The average molecular weight is 405 g/mol. The molecule has 2 aliphatic carbocycles. The Balaban J connectivity index is -0.000000274. The number of hydrogen-bond donors (Lipinski definition) is 0. The van der Waals surface area contributed by atoms with Crippen molar-refractivity contribution in [3.05, 3.63) is 46.6 Å². The van der Waals surface area contributed by atoms with Gasteiger partial charge in [0.05, 0.1) is 0 Å². The molecular formula is C18H26Cl2Zr. The van der Waals surface area contributed by atoms with Crippen molar-refractivity contribution < 1.29 is 51.0 Å². The van der Waals surface area contributed by atoms with Crippen LogP contribution in [0.2, 0.25) is 0 Å². The summed E-state index contributed by atoms with van der Waals surface area (Å²) in [6.07, 6.45) is 14.5. The van der Waals surface area contributed by atoms with Gasteiger partial charge in [0, 0.05) is 0 Å². The topological polar surface area (TPSA) is 0 Å². The van der Waals surface area contributed by atoms with Crippen molar-refractivity contribution in [2.75, 3.05) is 0 Å². The summed E-state index contributed by atoms with van der Waals surface area (Å²) in [6, 6.07) is 0. The molecule has 0 bridgehead atoms. The Bertz CT molecular complexity index is 426. The quantitative estimate of drug-likeness (QED) is 0.550. The smallest absolute Gasteiger partial charge is 1.00 e. The second-order valence-electron chi connectivity index (χ2n) is 5.68. The number of allylic oxidation sites excluding steroid dienone is 8. The standard InChI is InChI=1S/C10H15.C8H11.2ClH.Zr/c1-7-6-10(4,5)9(3)8(7)2;1-2-5-8-6-3-4-7-8;;;/h1-5H3;3,6H,2,4-5H2,1H3;2*1H;/q2*-1;;;+4/p-2. The first-order valence-corrected chi connectivity index (χ1v) is 6.94. The van der Waals surface area contributed by atoms with Crippen LogP contribution < -0.4 is 24.8 Å². The Morgan fingerprint density at radius 1 is 1.14 bits per heavy atom. The van der Waals surface area contributed by atoms with E-state index in [0.717, 1.165) is 6.42 Å². The Kier molecular flexibility index (Phi) is 14.9. The predicted octanol–water partition coefficient (Wildman–Crippen LogP) is -0.406. The molecule has 0 aromatic rings. The SMILES string of the molecule is CC1=[C-]C(C)(C)C(C)=C1C.CCCC1=[C-]CC=C1.[Cl-].[Cl-].[Zr+4]. The zero-order valence-corrected chi connectivity index (χ0v) is 18.0. The van der Waals surface area contributed by atoms with Crippen molar-refractivity contribution >= 4 is 0 Å². The normalized spacial score (nSPS) is 17.6. The van der Waals surface area contributed by atoms with E-state index in [-0.39, 0.29) is 56.4 Å². The van der Waals surface area contributed by atoms with E-state index in [9.17, 15) is 0 Å². The minimum Gasteiger partial charge on any atom is -1.00 e. The zero-order chi connectivity index (χ0) is 13.8. The molecule has 0 nitrogen and oxygen atoms in total. The second-order valence-corrected chi connectivity index (χ2v) is 5.68. The maximum absolute atomic E-state index is 3.44. The summed E-state index contributed by atoms with van der Waals surface area (Å²) in [4.78, 5) is 0.